The van der Waals surface area contributed by atoms with Crippen LogP contribution in [0.25, 0.3) is 0 Å². The van der Waals surface area contributed by atoms with Crippen LogP contribution in [0.15, 0.2) is 36.7 Å². The van der Waals surface area contributed by atoms with E-state index >= 15 is 0 Å². The molecule has 0 fully saturated rings. The molecule has 2 aromatic rings. The van der Waals surface area contributed by atoms with Crippen molar-refractivity contribution in [3.05, 3.63) is 53.3 Å². The molecule has 0 saturated carbocycles. The first kappa shape index (κ1) is 14.3. The van der Waals surface area contributed by atoms with Crippen LogP contribution < -0.4 is 0 Å². The lowest BCUT2D eigenvalue weighted by atomic mass is 9.93. The van der Waals surface area contributed by atoms with Crippen LogP contribution in [0.4, 0.5) is 0 Å². The fraction of sp³-hybridized carbons (Fsp3) is 0.375. The van der Waals surface area contributed by atoms with E-state index in [-0.39, 0.29) is 0 Å². The van der Waals surface area contributed by atoms with Crippen molar-refractivity contribution >= 4 is 5.97 Å². The number of aryl methyl sites for hydroxylation is 2. The van der Waals surface area contributed by atoms with Gasteiger partial charge in [0.1, 0.15) is 0 Å². The maximum Gasteiger partial charge on any atom is 0.307 e. The van der Waals surface area contributed by atoms with Crippen molar-refractivity contribution in [2.75, 3.05) is 0 Å². The van der Waals surface area contributed by atoms with E-state index < -0.39 is 11.9 Å². The van der Waals surface area contributed by atoms with Crippen LogP contribution in [-0.2, 0) is 24.2 Å². The highest BCUT2D eigenvalue weighted by atomic mass is 16.4. The number of hydrogen-bond donors (Lipinski definition) is 1. The van der Waals surface area contributed by atoms with Gasteiger partial charge in [-0.3, -0.25) is 9.48 Å². The molecule has 1 aromatic heterocycles. The molecule has 1 N–H and O–H groups in total. The second kappa shape index (κ2) is 6.37. The van der Waals surface area contributed by atoms with Crippen molar-refractivity contribution in [3.63, 3.8) is 0 Å². The minimum atomic E-state index is -0.754. The van der Waals surface area contributed by atoms with Crippen LogP contribution in [0, 0.1) is 12.8 Å². The number of nitrogens with zero attached hydrogens (tertiary/aromatic N) is 2. The molecule has 0 aliphatic heterocycles. The number of benzene rings is 1. The molecule has 0 bridgehead atoms. The summed E-state index contributed by atoms with van der Waals surface area (Å²) in [4.78, 5) is 11.4. The largest absolute Gasteiger partial charge is 0.481 e. The standard InChI is InChI=1S/C16H20N2O2/c1-3-18-11-14(10-17-18)9-15(16(19)20)8-13-6-4-5-12(2)7-13/h4-7,10-11,15H,3,8-9H2,1-2H3,(H,19,20). The molecule has 1 atom stereocenters. The molecule has 0 aliphatic carbocycles. The van der Waals surface area contributed by atoms with E-state index in [9.17, 15) is 9.90 Å². The van der Waals surface area contributed by atoms with Gasteiger partial charge in [-0.15, -0.1) is 0 Å². The van der Waals surface area contributed by atoms with Gasteiger partial charge in [-0.25, -0.2) is 0 Å². The number of aromatic nitrogens is 2. The third-order valence-corrected chi connectivity index (χ3v) is 3.41. The molecular weight excluding hydrogens is 252 g/mol. The van der Waals surface area contributed by atoms with Crippen LogP contribution in [-0.4, -0.2) is 20.9 Å². The van der Waals surface area contributed by atoms with Crippen molar-refractivity contribution in [2.24, 2.45) is 5.92 Å². The molecule has 2 rings (SSSR count). The lowest BCUT2D eigenvalue weighted by Gasteiger charge is -2.11. The molecule has 4 heteroatoms. The number of rotatable bonds is 6. The summed E-state index contributed by atoms with van der Waals surface area (Å²) in [5, 5.41) is 13.6. The summed E-state index contributed by atoms with van der Waals surface area (Å²) < 4.78 is 1.82. The normalized spacial score (nSPS) is 12.3. The number of aliphatic carboxylic acids is 1. The average molecular weight is 272 g/mol. The summed E-state index contributed by atoms with van der Waals surface area (Å²) in [6.45, 7) is 4.83. The molecule has 106 valence electrons. The summed E-state index contributed by atoms with van der Waals surface area (Å²) in [5.74, 6) is -1.16. The molecule has 1 aromatic carbocycles. The van der Waals surface area contributed by atoms with Gasteiger partial charge in [0.25, 0.3) is 0 Å². The predicted molar refractivity (Wildman–Crippen MR) is 77.6 cm³/mol. The van der Waals surface area contributed by atoms with Gasteiger partial charge in [0, 0.05) is 12.7 Å². The Morgan fingerprint density at radius 2 is 2.10 bits per heavy atom. The van der Waals surface area contributed by atoms with Crippen LogP contribution in [0.1, 0.15) is 23.6 Å². The second-order valence-electron chi connectivity index (χ2n) is 5.14. The van der Waals surface area contributed by atoms with E-state index in [1.807, 2.05) is 49.0 Å². The third kappa shape index (κ3) is 3.70. The second-order valence-corrected chi connectivity index (χ2v) is 5.14. The predicted octanol–water partition coefficient (Wildman–Crippen LogP) is 2.70. The molecular formula is C16H20N2O2. The smallest absolute Gasteiger partial charge is 0.307 e. The molecule has 20 heavy (non-hydrogen) atoms. The van der Waals surface area contributed by atoms with E-state index in [1.165, 1.54) is 0 Å². The molecule has 0 radical (unpaired) electrons. The molecule has 1 heterocycles. The first-order valence-corrected chi connectivity index (χ1v) is 6.88. The summed E-state index contributed by atoms with van der Waals surface area (Å²) in [6, 6.07) is 8.02. The van der Waals surface area contributed by atoms with E-state index in [1.54, 1.807) is 6.20 Å². The lowest BCUT2D eigenvalue weighted by Crippen LogP contribution is -2.19. The van der Waals surface area contributed by atoms with Crippen LogP contribution in [0.5, 0.6) is 0 Å². The van der Waals surface area contributed by atoms with Crippen molar-refractivity contribution in [3.8, 4) is 0 Å². The van der Waals surface area contributed by atoms with E-state index in [0.717, 1.165) is 23.2 Å². The van der Waals surface area contributed by atoms with E-state index in [0.29, 0.717) is 12.8 Å². The topological polar surface area (TPSA) is 55.1 Å². The molecule has 4 nitrogen and oxygen atoms in total. The van der Waals surface area contributed by atoms with Crippen molar-refractivity contribution in [2.45, 2.75) is 33.2 Å². The maximum atomic E-state index is 11.4. The molecule has 0 aliphatic rings. The van der Waals surface area contributed by atoms with E-state index in [4.69, 9.17) is 0 Å². The molecule has 0 saturated heterocycles. The van der Waals surface area contributed by atoms with Gasteiger partial charge in [-0.05, 0) is 37.8 Å². The first-order valence-electron chi connectivity index (χ1n) is 6.88. The first-order chi connectivity index (χ1) is 9.58. The zero-order valence-corrected chi connectivity index (χ0v) is 11.9. The lowest BCUT2D eigenvalue weighted by molar-refractivity contribution is -0.141. The summed E-state index contributed by atoms with van der Waals surface area (Å²) in [5.41, 5.74) is 3.21. The monoisotopic (exact) mass is 272 g/mol. The van der Waals surface area contributed by atoms with Gasteiger partial charge in [0.15, 0.2) is 0 Å². The number of carboxylic acid groups (broad SMARTS) is 1. The maximum absolute atomic E-state index is 11.4. The highest BCUT2D eigenvalue weighted by Gasteiger charge is 2.19. The Kier molecular flexibility index (Phi) is 4.56. The number of carbonyl (C=O) groups is 1. The highest BCUT2D eigenvalue weighted by molar-refractivity contribution is 5.70. The Labute approximate surface area is 119 Å². The Morgan fingerprint density at radius 1 is 1.35 bits per heavy atom. The highest BCUT2D eigenvalue weighted by Crippen LogP contribution is 2.16. The summed E-state index contributed by atoms with van der Waals surface area (Å²) in [7, 11) is 0. The fourth-order valence-corrected chi connectivity index (χ4v) is 2.34. The van der Waals surface area contributed by atoms with Gasteiger partial charge in [-0.2, -0.15) is 5.10 Å². The Balaban J connectivity index is 2.09. The van der Waals surface area contributed by atoms with Gasteiger partial charge >= 0.3 is 5.97 Å². The fourth-order valence-electron chi connectivity index (χ4n) is 2.34. The molecule has 1 unspecified atom stereocenters. The van der Waals surface area contributed by atoms with E-state index in [2.05, 4.69) is 5.10 Å². The third-order valence-electron chi connectivity index (χ3n) is 3.41. The van der Waals surface area contributed by atoms with Crippen molar-refractivity contribution in [1.29, 1.82) is 0 Å². The minimum Gasteiger partial charge on any atom is -0.481 e. The minimum absolute atomic E-state index is 0.411. The van der Waals surface area contributed by atoms with Gasteiger partial charge < -0.3 is 5.11 Å². The summed E-state index contributed by atoms with van der Waals surface area (Å²) in [6.07, 6.45) is 4.75. The molecule has 0 amide bonds. The van der Waals surface area contributed by atoms with Gasteiger partial charge in [0.2, 0.25) is 0 Å². The number of carboxylic acids is 1. The Bertz CT molecular complexity index is 590. The quantitative estimate of drug-likeness (QED) is 0.879. The SMILES string of the molecule is CCn1cc(CC(Cc2cccc(C)c2)C(=O)O)cn1. The summed E-state index contributed by atoms with van der Waals surface area (Å²) >= 11 is 0. The Hall–Kier alpha value is -2.10. The van der Waals surface area contributed by atoms with Gasteiger partial charge in [-0.1, -0.05) is 29.8 Å². The van der Waals surface area contributed by atoms with Gasteiger partial charge in [0.05, 0.1) is 12.1 Å². The van der Waals surface area contributed by atoms with Crippen molar-refractivity contribution in [1.82, 2.24) is 9.78 Å². The van der Waals surface area contributed by atoms with Crippen molar-refractivity contribution < 1.29 is 9.90 Å². The number of hydrogen-bond acceptors (Lipinski definition) is 2. The molecule has 0 spiro atoms. The zero-order chi connectivity index (χ0) is 14.5. The van der Waals surface area contributed by atoms with Crippen LogP contribution in [0.3, 0.4) is 0 Å². The Morgan fingerprint density at radius 3 is 2.70 bits per heavy atom. The van der Waals surface area contributed by atoms with Crippen LogP contribution >= 0.6 is 0 Å². The van der Waals surface area contributed by atoms with Crippen LogP contribution in [0.2, 0.25) is 0 Å². The average Bonchev–Trinajstić information content (AvgIpc) is 2.85. The zero-order valence-electron chi connectivity index (χ0n) is 11.9.